The van der Waals surface area contributed by atoms with Crippen LogP contribution in [0.1, 0.15) is 18.5 Å². The topological polar surface area (TPSA) is 78.7 Å². The van der Waals surface area contributed by atoms with Crippen molar-refractivity contribution in [1.82, 2.24) is 24.9 Å². The standard InChI is InChI=1S/C15H19N5O2S/c21-13(7-11-9-19-5-6-23-15(19)18-11)20-4-3-16-8-12(20)14(22)17-10-1-2-10/h5-6,9-10,12,16H,1-4,7-8H2,(H,17,22)/t12-/m1/s1. The van der Waals surface area contributed by atoms with Gasteiger partial charge in [0.2, 0.25) is 11.8 Å². The van der Waals surface area contributed by atoms with Crippen molar-refractivity contribution in [1.29, 1.82) is 0 Å². The minimum absolute atomic E-state index is 0.0341. The molecule has 0 unspecified atom stereocenters. The van der Waals surface area contributed by atoms with E-state index >= 15 is 0 Å². The fourth-order valence-electron chi connectivity index (χ4n) is 2.88. The van der Waals surface area contributed by atoms with Crippen LogP contribution in [0.2, 0.25) is 0 Å². The Labute approximate surface area is 137 Å². The van der Waals surface area contributed by atoms with Gasteiger partial charge in [0.05, 0.1) is 12.1 Å². The van der Waals surface area contributed by atoms with Crippen LogP contribution in [0.4, 0.5) is 0 Å². The van der Waals surface area contributed by atoms with E-state index in [-0.39, 0.29) is 18.2 Å². The number of hydrogen-bond donors (Lipinski definition) is 2. The Morgan fingerprint density at radius 1 is 1.43 bits per heavy atom. The van der Waals surface area contributed by atoms with E-state index in [1.165, 1.54) is 0 Å². The van der Waals surface area contributed by atoms with Crippen LogP contribution in [-0.2, 0) is 16.0 Å². The highest BCUT2D eigenvalue weighted by atomic mass is 32.1. The lowest BCUT2D eigenvalue weighted by atomic mass is 10.1. The van der Waals surface area contributed by atoms with Crippen molar-refractivity contribution in [3.8, 4) is 0 Å². The van der Waals surface area contributed by atoms with Crippen molar-refractivity contribution in [3.63, 3.8) is 0 Å². The molecule has 1 aliphatic carbocycles. The van der Waals surface area contributed by atoms with Gasteiger partial charge in [0.15, 0.2) is 4.96 Å². The summed E-state index contributed by atoms with van der Waals surface area (Å²) in [5, 5.41) is 8.16. The van der Waals surface area contributed by atoms with Crippen LogP contribution in [0.25, 0.3) is 4.96 Å². The number of aromatic nitrogens is 2. The maximum Gasteiger partial charge on any atom is 0.244 e. The maximum atomic E-state index is 12.7. The SMILES string of the molecule is O=C(NC1CC1)[C@H]1CNCCN1C(=O)Cc1cn2ccsc2n1. The molecule has 0 spiro atoms. The monoisotopic (exact) mass is 333 g/mol. The second kappa shape index (κ2) is 5.93. The van der Waals surface area contributed by atoms with Gasteiger partial charge in [-0.1, -0.05) is 0 Å². The summed E-state index contributed by atoms with van der Waals surface area (Å²) in [7, 11) is 0. The Bertz CT molecular complexity index is 707. The number of nitrogens with zero attached hydrogens (tertiary/aromatic N) is 3. The van der Waals surface area contributed by atoms with Crippen LogP contribution in [0.3, 0.4) is 0 Å². The number of fused-ring (bicyclic) bond motifs is 1. The van der Waals surface area contributed by atoms with E-state index in [1.54, 1.807) is 16.2 Å². The molecule has 23 heavy (non-hydrogen) atoms. The van der Waals surface area contributed by atoms with Crippen molar-refractivity contribution >= 4 is 28.1 Å². The van der Waals surface area contributed by atoms with Crippen molar-refractivity contribution in [2.75, 3.05) is 19.6 Å². The molecule has 2 amide bonds. The smallest absolute Gasteiger partial charge is 0.244 e. The molecule has 4 rings (SSSR count). The number of carbonyl (C=O) groups is 2. The van der Waals surface area contributed by atoms with Crippen molar-refractivity contribution in [2.45, 2.75) is 31.3 Å². The molecular weight excluding hydrogens is 314 g/mol. The molecule has 0 radical (unpaired) electrons. The summed E-state index contributed by atoms with van der Waals surface area (Å²) in [6.45, 7) is 1.80. The number of carbonyl (C=O) groups excluding carboxylic acids is 2. The predicted octanol–water partition coefficient (Wildman–Crippen LogP) is 0.0173. The van der Waals surface area contributed by atoms with Gasteiger partial charge in [-0.2, -0.15) is 0 Å². The maximum absolute atomic E-state index is 12.7. The van der Waals surface area contributed by atoms with Crippen LogP contribution < -0.4 is 10.6 Å². The summed E-state index contributed by atoms with van der Waals surface area (Å²) >= 11 is 1.54. The number of piperazine rings is 1. The fourth-order valence-corrected chi connectivity index (χ4v) is 3.60. The zero-order valence-electron chi connectivity index (χ0n) is 12.7. The van der Waals surface area contributed by atoms with E-state index in [9.17, 15) is 9.59 Å². The molecule has 7 nitrogen and oxygen atoms in total. The summed E-state index contributed by atoms with van der Waals surface area (Å²) in [6, 6.07) is -0.109. The highest BCUT2D eigenvalue weighted by Gasteiger charge is 2.34. The zero-order valence-corrected chi connectivity index (χ0v) is 13.5. The summed E-state index contributed by atoms with van der Waals surface area (Å²) in [5.74, 6) is -0.0768. The Hall–Kier alpha value is -1.93. The zero-order chi connectivity index (χ0) is 15.8. The molecule has 1 saturated heterocycles. The number of amides is 2. The third-order valence-electron chi connectivity index (χ3n) is 4.27. The van der Waals surface area contributed by atoms with Gasteiger partial charge in [-0.25, -0.2) is 4.98 Å². The first kappa shape index (κ1) is 14.6. The first-order chi connectivity index (χ1) is 11.2. The van der Waals surface area contributed by atoms with E-state index in [1.807, 2.05) is 22.2 Å². The molecule has 1 saturated carbocycles. The molecule has 8 heteroatoms. The fraction of sp³-hybridized carbons (Fsp3) is 0.533. The number of nitrogens with one attached hydrogen (secondary N) is 2. The molecule has 0 bridgehead atoms. The lowest BCUT2D eigenvalue weighted by Gasteiger charge is -2.35. The molecule has 0 aromatic carbocycles. The van der Waals surface area contributed by atoms with E-state index in [2.05, 4.69) is 15.6 Å². The Morgan fingerprint density at radius 3 is 3.09 bits per heavy atom. The Morgan fingerprint density at radius 2 is 2.30 bits per heavy atom. The first-order valence-electron chi connectivity index (χ1n) is 7.92. The predicted molar refractivity (Wildman–Crippen MR) is 86.3 cm³/mol. The van der Waals surface area contributed by atoms with Crippen molar-refractivity contribution in [2.24, 2.45) is 0 Å². The van der Waals surface area contributed by atoms with Gasteiger partial charge in [-0.15, -0.1) is 11.3 Å². The van der Waals surface area contributed by atoms with E-state index in [4.69, 9.17) is 0 Å². The lowest BCUT2D eigenvalue weighted by Crippen LogP contribution is -2.60. The number of rotatable bonds is 4. The van der Waals surface area contributed by atoms with Gasteiger partial charge < -0.3 is 15.5 Å². The second-order valence-corrected chi connectivity index (χ2v) is 6.96. The van der Waals surface area contributed by atoms with Gasteiger partial charge in [-0.3, -0.25) is 14.0 Å². The minimum Gasteiger partial charge on any atom is -0.352 e. The third-order valence-corrected chi connectivity index (χ3v) is 5.04. The molecule has 2 aromatic heterocycles. The Balaban J connectivity index is 1.45. The summed E-state index contributed by atoms with van der Waals surface area (Å²) in [4.78, 5) is 32.0. The summed E-state index contributed by atoms with van der Waals surface area (Å²) < 4.78 is 1.92. The Kier molecular flexibility index (Phi) is 3.78. The van der Waals surface area contributed by atoms with Crippen LogP contribution in [0, 0.1) is 0 Å². The molecule has 122 valence electrons. The minimum atomic E-state index is -0.416. The van der Waals surface area contributed by atoms with Gasteiger partial charge in [0.25, 0.3) is 0 Å². The van der Waals surface area contributed by atoms with Crippen LogP contribution in [-0.4, -0.2) is 57.8 Å². The van der Waals surface area contributed by atoms with Gasteiger partial charge in [-0.05, 0) is 12.8 Å². The first-order valence-corrected chi connectivity index (χ1v) is 8.80. The average Bonchev–Trinajstić information content (AvgIpc) is 3.11. The van der Waals surface area contributed by atoms with Crippen molar-refractivity contribution < 1.29 is 9.59 Å². The molecule has 2 fully saturated rings. The second-order valence-electron chi connectivity index (χ2n) is 6.09. The molecule has 1 atom stereocenters. The quantitative estimate of drug-likeness (QED) is 0.827. The van der Waals surface area contributed by atoms with E-state index in [0.717, 1.165) is 30.0 Å². The number of imidazole rings is 1. The van der Waals surface area contributed by atoms with Crippen LogP contribution in [0.5, 0.6) is 0 Å². The van der Waals surface area contributed by atoms with E-state index in [0.29, 0.717) is 19.1 Å². The van der Waals surface area contributed by atoms with Crippen LogP contribution >= 0.6 is 11.3 Å². The van der Waals surface area contributed by atoms with Crippen molar-refractivity contribution in [3.05, 3.63) is 23.5 Å². The molecule has 2 N–H and O–H groups in total. The van der Waals surface area contributed by atoms with Gasteiger partial charge >= 0.3 is 0 Å². The highest BCUT2D eigenvalue weighted by Crippen LogP contribution is 2.19. The normalized spacial score (nSPS) is 21.6. The number of thiazole rings is 1. The largest absolute Gasteiger partial charge is 0.352 e. The summed E-state index contributed by atoms with van der Waals surface area (Å²) in [5.41, 5.74) is 0.752. The summed E-state index contributed by atoms with van der Waals surface area (Å²) in [6.07, 6.45) is 6.14. The van der Waals surface area contributed by atoms with Crippen LogP contribution in [0.15, 0.2) is 17.8 Å². The molecule has 1 aliphatic heterocycles. The highest BCUT2D eigenvalue weighted by molar-refractivity contribution is 7.15. The van der Waals surface area contributed by atoms with Gasteiger partial charge in [0, 0.05) is 43.4 Å². The molecular formula is C15H19N5O2S. The number of hydrogen-bond acceptors (Lipinski definition) is 5. The third kappa shape index (κ3) is 3.09. The molecule has 3 heterocycles. The molecule has 2 aromatic rings. The molecule has 2 aliphatic rings. The van der Waals surface area contributed by atoms with Gasteiger partial charge in [0.1, 0.15) is 6.04 Å². The lowest BCUT2D eigenvalue weighted by molar-refractivity contribution is -0.141. The van der Waals surface area contributed by atoms with E-state index < -0.39 is 6.04 Å². The average molecular weight is 333 g/mol.